The summed E-state index contributed by atoms with van der Waals surface area (Å²) < 4.78 is 14.6. The molecule has 0 amide bonds. The molecule has 7 heteroatoms. The van der Waals surface area contributed by atoms with Gasteiger partial charge in [0.1, 0.15) is 11.9 Å². The number of aliphatic imine (C=N–C) groups is 1. The number of amidine groups is 1. The molecule has 5 nitrogen and oxygen atoms in total. The average Bonchev–Trinajstić information content (AvgIpc) is 2.70. The summed E-state index contributed by atoms with van der Waals surface area (Å²) >= 11 is 1.49. The van der Waals surface area contributed by atoms with Gasteiger partial charge in [-0.2, -0.15) is 0 Å². The van der Waals surface area contributed by atoms with Crippen LogP contribution >= 0.6 is 11.8 Å². The zero-order valence-corrected chi connectivity index (χ0v) is 17.6. The first-order chi connectivity index (χ1) is 13.9. The number of nitrogens with zero attached hydrogens (tertiary/aromatic N) is 3. The van der Waals surface area contributed by atoms with Crippen molar-refractivity contribution in [1.29, 1.82) is 0 Å². The quantitative estimate of drug-likeness (QED) is 0.703. The summed E-state index contributed by atoms with van der Waals surface area (Å²) in [5, 5.41) is 11.1. The van der Waals surface area contributed by atoms with Gasteiger partial charge in [-0.3, -0.25) is 15.0 Å². The number of unbranched alkanes of at least 4 members (excludes halogenated alkanes) is 1. The van der Waals surface area contributed by atoms with E-state index < -0.39 is 11.6 Å². The van der Waals surface area contributed by atoms with Gasteiger partial charge in [-0.15, -0.1) is 0 Å². The molecule has 0 fully saturated rings. The molecule has 0 spiro atoms. The SMILES string of the molecule is CCC/C=C/c1cnc(C(O)Cc2ccc(F)c([C@]3(C)CCSC(N)=N3)c2)cn1. The maximum atomic E-state index is 14.6. The molecule has 0 aliphatic carbocycles. The molecule has 29 heavy (non-hydrogen) atoms. The predicted molar refractivity (Wildman–Crippen MR) is 117 cm³/mol. The molecule has 2 heterocycles. The van der Waals surface area contributed by atoms with Crippen molar-refractivity contribution in [3.63, 3.8) is 0 Å². The normalized spacial score (nSPS) is 20.6. The lowest BCUT2D eigenvalue weighted by atomic mass is 9.87. The van der Waals surface area contributed by atoms with Crippen LogP contribution < -0.4 is 5.73 Å². The van der Waals surface area contributed by atoms with Gasteiger partial charge in [-0.25, -0.2) is 4.39 Å². The highest BCUT2D eigenvalue weighted by atomic mass is 32.2. The molecule has 1 aromatic heterocycles. The molecule has 0 radical (unpaired) electrons. The Labute approximate surface area is 175 Å². The molecule has 1 aliphatic rings. The Kier molecular flexibility index (Phi) is 7.03. The lowest BCUT2D eigenvalue weighted by molar-refractivity contribution is 0.173. The minimum absolute atomic E-state index is 0.308. The van der Waals surface area contributed by atoms with Gasteiger partial charge in [-0.1, -0.05) is 43.3 Å². The van der Waals surface area contributed by atoms with E-state index in [1.165, 1.54) is 17.8 Å². The van der Waals surface area contributed by atoms with Gasteiger partial charge in [0.25, 0.3) is 0 Å². The summed E-state index contributed by atoms with van der Waals surface area (Å²) in [4.78, 5) is 13.2. The standard InChI is InChI=1S/C22H27FN4OS/c1-3-4-5-6-16-13-26-19(14-25-16)20(28)12-15-7-8-18(23)17(11-15)22(2)9-10-29-21(24)27-22/h5-8,11,13-14,20,28H,3-4,9-10,12H2,1-2H3,(H2,24,27)/b6-5+/t20?,22-/m0/s1. The first kappa shape index (κ1) is 21.5. The number of hydrogen-bond acceptors (Lipinski definition) is 6. The number of aliphatic hydroxyl groups excluding tert-OH is 1. The van der Waals surface area contributed by atoms with Crippen molar-refractivity contribution in [3.05, 3.63) is 65.0 Å². The van der Waals surface area contributed by atoms with E-state index in [1.54, 1.807) is 24.5 Å². The molecular weight excluding hydrogens is 387 g/mol. The number of aliphatic hydroxyl groups is 1. The van der Waals surface area contributed by atoms with Crippen LogP contribution in [0.4, 0.5) is 4.39 Å². The van der Waals surface area contributed by atoms with Crippen LogP contribution in [0.3, 0.4) is 0 Å². The van der Waals surface area contributed by atoms with Crippen LogP contribution in [-0.2, 0) is 12.0 Å². The van der Waals surface area contributed by atoms with Crippen molar-refractivity contribution in [2.24, 2.45) is 10.7 Å². The van der Waals surface area contributed by atoms with E-state index in [2.05, 4.69) is 28.0 Å². The molecule has 2 atom stereocenters. The Morgan fingerprint density at radius 2 is 2.17 bits per heavy atom. The van der Waals surface area contributed by atoms with Gasteiger partial charge >= 0.3 is 0 Å². The van der Waals surface area contributed by atoms with Crippen LogP contribution in [0.5, 0.6) is 0 Å². The van der Waals surface area contributed by atoms with Crippen molar-refractivity contribution in [2.75, 3.05) is 5.75 Å². The van der Waals surface area contributed by atoms with Gasteiger partial charge in [0.2, 0.25) is 0 Å². The first-order valence-corrected chi connectivity index (χ1v) is 10.8. The first-order valence-electron chi connectivity index (χ1n) is 9.85. The lowest BCUT2D eigenvalue weighted by Gasteiger charge is -2.30. The third-order valence-corrected chi connectivity index (χ3v) is 5.81. The van der Waals surface area contributed by atoms with Crippen LogP contribution in [0, 0.1) is 5.82 Å². The second kappa shape index (κ2) is 9.50. The van der Waals surface area contributed by atoms with Crippen LogP contribution in [0.2, 0.25) is 0 Å². The molecule has 2 aromatic rings. The summed E-state index contributed by atoms with van der Waals surface area (Å²) in [5.74, 6) is 0.490. The average molecular weight is 415 g/mol. The second-order valence-electron chi connectivity index (χ2n) is 7.41. The number of rotatable bonds is 7. The summed E-state index contributed by atoms with van der Waals surface area (Å²) in [5.41, 5.74) is 7.76. The lowest BCUT2D eigenvalue weighted by Crippen LogP contribution is -2.29. The monoisotopic (exact) mass is 414 g/mol. The van der Waals surface area contributed by atoms with Gasteiger partial charge in [0.05, 0.1) is 29.3 Å². The van der Waals surface area contributed by atoms with Crippen molar-refractivity contribution in [3.8, 4) is 0 Å². The molecular formula is C22H27FN4OS. The van der Waals surface area contributed by atoms with Gasteiger partial charge in [-0.05, 0) is 37.5 Å². The molecule has 1 aromatic carbocycles. The Hall–Kier alpha value is -2.25. The number of halogens is 1. The van der Waals surface area contributed by atoms with Crippen LogP contribution in [-0.4, -0.2) is 26.0 Å². The molecule has 3 N–H and O–H groups in total. The minimum atomic E-state index is -0.822. The highest BCUT2D eigenvalue weighted by Crippen LogP contribution is 2.37. The highest BCUT2D eigenvalue weighted by Gasteiger charge is 2.32. The van der Waals surface area contributed by atoms with Crippen molar-refractivity contribution < 1.29 is 9.50 Å². The Morgan fingerprint density at radius 1 is 1.34 bits per heavy atom. The highest BCUT2D eigenvalue weighted by molar-refractivity contribution is 8.13. The van der Waals surface area contributed by atoms with E-state index in [0.29, 0.717) is 29.3 Å². The molecule has 0 saturated heterocycles. The van der Waals surface area contributed by atoms with E-state index in [9.17, 15) is 9.50 Å². The maximum Gasteiger partial charge on any atom is 0.154 e. The van der Waals surface area contributed by atoms with E-state index in [-0.39, 0.29) is 5.82 Å². The largest absolute Gasteiger partial charge is 0.386 e. The Bertz CT molecular complexity index is 900. The van der Waals surface area contributed by atoms with Gasteiger partial charge < -0.3 is 10.8 Å². The van der Waals surface area contributed by atoms with Gasteiger partial charge in [0.15, 0.2) is 5.17 Å². The van der Waals surface area contributed by atoms with E-state index in [0.717, 1.165) is 29.9 Å². The maximum absolute atomic E-state index is 14.6. The fourth-order valence-electron chi connectivity index (χ4n) is 3.30. The zero-order chi connectivity index (χ0) is 20.9. The van der Waals surface area contributed by atoms with E-state index in [1.807, 2.05) is 13.0 Å². The minimum Gasteiger partial charge on any atom is -0.386 e. The molecule has 3 rings (SSSR count). The predicted octanol–water partition coefficient (Wildman–Crippen LogP) is 4.37. The molecule has 1 unspecified atom stereocenters. The number of allylic oxidation sites excluding steroid dienone is 1. The number of hydrogen-bond donors (Lipinski definition) is 2. The Morgan fingerprint density at radius 3 is 2.86 bits per heavy atom. The fraction of sp³-hybridized carbons (Fsp3) is 0.409. The number of benzene rings is 1. The smallest absolute Gasteiger partial charge is 0.154 e. The van der Waals surface area contributed by atoms with Crippen LogP contribution in [0.1, 0.15) is 61.7 Å². The summed E-state index contributed by atoms with van der Waals surface area (Å²) in [6.45, 7) is 4.01. The van der Waals surface area contributed by atoms with Crippen molar-refractivity contribution >= 4 is 23.0 Å². The summed E-state index contributed by atoms with van der Waals surface area (Å²) in [6, 6.07) is 4.90. The summed E-state index contributed by atoms with van der Waals surface area (Å²) in [6.07, 6.45) is 9.50. The number of aromatic nitrogens is 2. The van der Waals surface area contributed by atoms with E-state index >= 15 is 0 Å². The molecule has 0 saturated carbocycles. The van der Waals surface area contributed by atoms with Gasteiger partial charge in [0, 0.05) is 17.7 Å². The van der Waals surface area contributed by atoms with Crippen molar-refractivity contribution in [1.82, 2.24) is 9.97 Å². The molecule has 154 valence electrons. The Balaban J connectivity index is 1.76. The summed E-state index contributed by atoms with van der Waals surface area (Å²) in [7, 11) is 0. The number of nitrogens with two attached hydrogens (primary N) is 1. The van der Waals surface area contributed by atoms with E-state index in [4.69, 9.17) is 5.73 Å². The second-order valence-corrected chi connectivity index (χ2v) is 8.53. The number of thioether (sulfide) groups is 1. The topological polar surface area (TPSA) is 84.4 Å². The fourth-order valence-corrected chi connectivity index (χ4v) is 4.27. The van der Waals surface area contributed by atoms with Crippen LogP contribution in [0.25, 0.3) is 6.08 Å². The van der Waals surface area contributed by atoms with Crippen LogP contribution in [0.15, 0.2) is 41.7 Å². The zero-order valence-electron chi connectivity index (χ0n) is 16.8. The molecule has 0 bridgehead atoms. The third kappa shape index (κ3) is 5.42. The van der Waals surface area contributed by atoms with Crippen molar-refractivity contribution in [2.45, 2.75) is 51.2 Å². The molecule has 1 aliphatic heterocycles. The third-order valence-electron chi connectivity index (χ3n) is 5.01.